The minimum Gasteiger partial charge on any atom is -0.497 e. The second-order valence-corrected chi connectivity index (χ2v) is 7.93. The number of hydrogen-bond donors (Lipinski definition) is 1. The maximum atomic E-state index is 13.2. The molecule has 2 aromatic carbocycles. The second kappa shape index (κ2) is 7.67. The molecule has 0 radical (unpaired) electrons. The van der Waals surface area contributed by atoms with E-state index in [9.17, 15) is 9.59 Å². The summed E-state index contributed by atoms with van der Waals surface area (Å²) < 4.78 is 8.35. The van der Waals surface area contributed by atoms with Crippen molar-refractivity contribution in [3.8, 4) is 5.75 Å². The van der Waals surface area contributed by atoms with Gasteiger partial charge in [-0.2, -0.15) is 5.10 Å². The van der Waals surface area contributed by atoms with Crippen LogP contribution in [0.25, 0.3) is 20.2 Å². The van der Waals surface area contributed by atoms with E-state index in [0.717, 1.165) is 31.8 Å². The average Bonchev–Trinajstić information content (AvgIpc) is 3.15. The molecule has 4 rings (SSSR count). The standard InChI is InChI=1S/C22H21N3O3S/c1-13-20-19(17-6-4-5-7-18(17)29-20)22(27)25(24-13)14(2)21(26)23-12-15-8-10-16(28-3)11-9-15/h4-11,14H,12H2,1-3H3,(H,23,26)/t14-/m1/s1. The summed E-state index contributed by atoms with van der Waals surface area (Å²) in [5.41, 5.74) is 1.45. The molecular formula is C22H21N3O3S. The summed E-state index contributed by atoms with van der Waals surface area (Å²) in [6.07, 6.45) is 0. The lowest BCUT2D eigenvalue weighted by Gasteiger charge is -2.15. The first-order valence-corrected chi connectivity index (χ1v) is 10.1. The van der Waals surface area contributed by atoms with E-state index in [2.05, 4.69) is 10.4 Å². The van der Waals surface area contributed by atoms with Gasteiger partial charge in [0.15, 0.2) is 0 Å². The zero-order valence-corrected chi connectivity index (χ0v) is 17.2. The number of methoxy groups -OCH3 is 1. The van der Waals surface area contributed by atoms with E-state index in [1.54, 1.807) is 25.4 Å². The number of benzene rings is 2. The van der Waals surface area contributed by atoms with Gasteiger partial charge in [0, 0.05) is 16.6 Å². The summed E-state index contributed by atoms with van der Waals surface area (Å²) in [5, 5.41) is 8.85. The normalized spacial score (nSPS) is 12.2. The molecule has 2 aromatic heterocycles. The minimum atomic E-state index is -0.720. The molecule has 0 unspecified atom stereocenters. The maximum absolute atomic E-state index is 13.2. The zero-order chi connectivity index (χ0) is 20.5. The number of ether oxygens (including phenoxy) is 1. The van der Waals surface area contributed by atoms with Gasteiger partial charge in [0.05, 0.1) is 22.9 Å². The zero-order valence-electron chi connectivity index (χ0n) is 16.4. The van der Waals surface area contributed by atoms with Crippen molar-refractivity contribution in [2.45, 2.75) is 26.4 Å². The molecule has 0 fully saturated rings. The topological polar surface area (TPSA) is 73.2 Å². The SMILES string of the molecule is COc1ccc(CNC(=O)[C@@H](C)n2nc(C)c3sc4ccccc4c3c2=O)cc1. The van der Waals surface area contributed by atoms with Crippen LogP contribution in [0, 0.1) is 6.92 Å². The Labute approximate surface area is 171 Å². The van der Waals surface area contributed by atoms with Crippen LogP contribution >= 0.6 is 11.3 Å². The largest absolute Gasteiger partial charge is 0.497 e. The Kier molecular flexibility index (Phi) is 5.07. The van der Waals surface area contributed by atoms with E-state index in [4.69, 9.17) is 4.74 Å². The lowest BCUT2D eigenvalue weighted by atomic mass is 10.2. The lowest BCUT2D eigenvalue weighted by molar-refractivity contribution is -0.124. The molecule has 29 heavy (non-hydrogen) atoms. The number of amides is 1. The quantitative estimate of drug-likeness (QED) is 0.546. The number of nitrogens with one attached hydrogen (secondary N) is 1. The predicted molar refractivity (Wildman–Crippen MR) is 116 cm³/mol. The summed E-state index contributed by atoms with van der Waals surface area (Å²) in [5.74, 6) is 0.504. The van der Waals surface area contributed by atoms with E-state index < -0.39 is 6.04 Å². The Morgan fingerprint density at radius 2 is 1.93 bits per heavy atom. The van der Waals surface area contributed by atoms with Gasteiger partial charge in [-0.3, -0.25) is 9.59 Å². The van der Waals surface area contributed by atoms with E-state index >= 15 is 0 Å². The van der Waals surface area contributed by atoms with Crippen molar-refractivity contribution >= 4 is 37.4 Å². The highest BCUT2D eigenvalue weighted by molar-refractivity contribution is 7.26. The fourth-order valence-electron chi connectivity index (χ4n) is 3.33. The van der Waals surface area contributed by atoms with Crippen molar-refractivity contribution in [3.05, 3.63) is 70.1 Å². The summed E-state index contributed by atoms with van der Waals surface area (Å²) in [4.78, 5) is 25.9. The molecular weight excluding hydrogens is 386 g/mol. The maximum Gasteiger partial charge on any atom is 0.276 e. The number of aryl methyl sites for hydroxylation is 1. The van der Waals surface area contributed by atoms with Crippen LogP contribution in [-0.4, -0.2) is 22.8 Å². The van der Waals surface area contributed by atoms with Crippen LogP contribution in [0.4, 0.5) is 0 Å². The minimum absolute atomic E-state index is 0.241. The van der Waals surface area contributed by atoms with Crippen molar-refractivity contribution in [3.63, 3.8) is 0 Å². The van der Waals surface area contributed by atoms with E-state index in [-0.39, 0.29) is 11.5 Å². The Hall–Kier alpha value is -3.19. The van der Waals surface area contributed by atoms with Crippen molar-refractivity contribution in [2.75, 3.05) is 7.11 Å². The number of carbonyl (C=O) groups excluding carboxylic acids is 1. The van der Waals surface area contributed by atoms with Gasteiger partial charge in [0.25, 0.3) is 5.56 Å². The number of rotatable bonds is 5. The number of nitrogens with zero attached hydrogens (tertiary/aromatic N) is 2. The van der Waals surface area contributed by atoms with Gasteiger partial charge in [-0.25, -0.2) is 4.68 Å². The van der Waals surface area contributed by atoms with Crippen LogP contribution in [0.3, 0.4) is 0 Å². The van der Waals surface area contributed by atoms with E-state index in [1.807, 2.05) is 55.5 Å². The van der Waals surface area contributed by atoms with Gasteiger partial charge in [0.2, 0.25) is 5.91 Å². The molecule has 1 N–H and O–H groups in total. The Morgan fingerprint density at radius 3 is 2.66 bits per heavy atom. The van der Waals surface area contributed by atoms with Crippen LogP contribution in [0.1, 0.15) is 24.2 Å². The number of hydrogen-bond acceptors (Lipinski definition) is 5. The third-order valence-corrected chi connectivity index (χ3v) is 6.26. The van der Waals surface area contributed by atoms with Gasteiger partial charge in [-0.15, -0.1) is 11.3 Å². The first-order chi connectivity index (χ1) is 14.0. The van der Waals surface area contributed by atoms with Crippen LogP contribution in [0.2, 0.25) is 0 Å². The number of fused-ring (bicyclic) bond motifs is 3. The fourth-order valence-corrected chi connectivity index (χ4v) is 4.47. The first kappa shape index (κ1) is 19.1. The monoisotopic (exact) mass is 407 g/mol. The predicted octanol–water partition coefficient (Wildman–Crippen LogP) is 3.81. The Morgan fingerprint density at radius 1 is 1.21 bits per heavy atom. The highest BCUT2D eigenvalue weighted by Gasteiger charge is 2.21. The van der Waals surface area contributed by atoms with E-state index in [1.165, 1.54) is 4.68 Å². The summed E-state index contributed by atoms with van der Waals surface area (Å²) in [6.45, 7) is 3.93. The molecule has 4 aromatic rings. The lowest BCUT2D eigenvalue weighted by Crippen LogP contribution is -2.37. The smallest absolute Gasteiger partial charge is 0.276 e. The molecule has 2 heterocycles. The molecule has 0 saturated carbocycles. The molecule has 0 aliphatic rings. The number of aromatic nitrogens is 2. The third kappa shape index (κ3) is 3.49. The van der Waals surface area contributed by atoms with Gasteiger partial charge < -0.3 is 10.1 Å². The molecule has 0 aliphatic heterocycles. The van der Waals surface area contributed by atoms with Gasteiger partial charge >= 0.3 is 0 Å². The molecule has 148 valence electrons. The van der Waals surface area contributed by atoms with Crippen molar-refractivity contribution in [2.24, 2.45) is 0 Å². The molecule has 6 nitrogen and oxygen atoms in total. The van der Waals surface area contributed by atoms with Crippen LogP contribution in [0.15, 0.2) is 53.3 Å². The second-order valence-electron chi connectivity index (χ2n) is 6.88. The highest BCUT2D eigenvalue weighted by Crippen LogP contribution is 2.32. The number of carbonyl (C=O) groups is 1. The molecule has 0 bridgehead atoms. The average molecular weight is 407 g/mol. The Bertz CT molecular complexity index is 1260. The van der Waals surface area contributed by atoms with Crippen molar-refractivity contribution in [1.82, 2.24) is 15.1 Å². The highest BCUT2D eigenvalue weighted by atomic mass is 32.1. The molecule has 0 spiro atoms. The molecule has 1 atom stereocenters. The molecule has 0 saturated heterocycles. The van der Waals surface area contributed by atoms with Gasteiger partial charge in [-0.1, -0.05) is 30.3 Å². The van der Waals surface area contributed by atoms with Gasteiger partial charge in [0.1, 0.15) is 11.8 Å². The van der Waals surface area contributed by atoms with Gasteiger partial charge in [-0.05, 0) is 37.6 Å². The molecule has 1 amide bonds. The van der Waals surface area contributed by atoms with E-state index in [0.29, 0.717) is 11.9 Å². The van der Waals surface area contributed by atoms with Crippen molar-refractivity contribution in [1.29, 1.82) is 0 Å². The third-order valence-electron chi connectivity index (χ3n) is 4.98. The van der Waals surface area contributed by atoms with Crippen LogP contribution < -0.4 is 15.6 Å². The fraction of sp³-hybridized carbons (Fsp3) is 0.227. The summed E-state index contributed by atoms with van der Waals surface area (Å²) >= 11 is 1.56. The molecule has 7 heteroatoms. The van der Waals surface area contributed by atoms with Crippen LogP contribution in [-0.2, 0) is 11.3 Å². The summed E-state index contributed by atoms with van der Waals surface area (Å²) in [6, 6.07) is 14.5. The summed E-state index contributed by atoms with van der Waals surface area (Å²) in [7, 11) is 1.61. The van der Waals surface area contributed by atoms with Crippen molar-refractivity contribution < 1.29 is 9.53 Å². The number of thiophene rings is 1. The Balaban J connectivity index is 1.62. The van der Waals surface area contributed by atoms with Crippen LogP contribution in [0.5, 0.6) is 5.75 Å². The first-order valence-electron chi connectivity index (χ1n) is 9.31. The molecule has 0 aliphatic carbocycles.